The molecule has 0 radical (unpaired) electrons. The molecule has 0 spiro atoms. The molecule has 1 amide bonds. The van der Waals surface area contributed by atoms with Crippen molar-refractivity contribution in [3.63, 3.8) is 0 Å². The van der Waals surface area contributed by atoms with Gasteiger partial charge in [-0.05, 0) is 41.8 Å². The molecule has 0 aliphatic carbocycles. The Kier molecular flexibility index (Phi) is 7.22. The number of rotatable bonds is 7. The third-order valence-electron chi connectivity index (χ3n) is 6.26. The molecule has 0 aliphatic heterocycles. The molecule has 0 aliphatic rings. The van der Waals surface area contributed by atoms with Crippen molar-refractivity contribution < 1.29 is 26.7 Å². The van der Waals surface area contributed by atoms with Crippen LogP contribution in [0.4, 0.5) is 33.6 Å². The number of anilines is 2. The number of halogens is 5. The number of pyridine rings is 1. The van der Waals surface area contributed by atoms with Crippen molar-refractivity contribution in [1.82, 2.24) is 30.5 Å². The minimum Gasteiger partial charge on any atom is -0.382 e. The number of nitrogens with one attached hydrogen (secondary N) is 3. The Balaban J connectivity index is 1.34. The number of alkyl halides is 3. The van der Waals surface area contributed by atoms with Gasteiger partial charge in [-0.2, -0.15) is 18.3 Å². The number of hydrogen-bond acceptors (Lipinski definition) is 7. The number of benzene rings is 2. The summed E-state index contributed by atoms with van der Waals surface area (Å²) in [4.78, 5) is 24.6. The third-order valence-corrected chi connectivity index (χ3v) is 6.26. The number of fused-ring (bicyclic) bond motifs is 1. The molecule has 14 heteroatoms. The zero-order valence-electron chi connectivity index (χ0n) is 21.2. The van der Waals surface area contributed by atoms with Gasteiger partial charge in [-0.1, -0.05) is 30.3 Å². The summed E-state index contributed by atoms with van der Waals surface area (Å²) in [7, 11) is 0. The Morgan fingerprint density at radius 1 is 1.00 bits per heavy atom. The first-order chi connectivity index (χ1) is 19.5. The number of carbonyl (C=O) groups excluding carboxylic acids is 1. The van der Waals surface area contributed by atoms with Gasteiger partial charge >= 0.3 is 6.18 Å². The average molecular weight is 569 g/mol. The molecule has 0 saturated carbocycles. The minimum atomic E-state index is -4.85. The third kappa shape index (κ3) is 5.90. The highest BCUT2D eigenvalue weighted by Crippen LogP contribution is 2.29. The van der Waals surface area contributed by atoms with E-state index in [2.05, 4.69) is 35.8 Å². The number of nitrogens with zero attached hydrogens (tertiary/aromatic N) is 4. The van der Waals surface area contributed by atoms with Gasteiger partial charge in [0.1, 0.15) is 0 Å². The minimum absolute atomic E-state index is 0.102. The molecule has 0 saturated heterocycles. The molecule has 5 rings (SSSR count). The zero-order valence-corrected chi connectivity index (χ0v) is 21.2. The van der Waals surface area contributed by atoms with Crippen molar-refractivity contribution in [2.75, 3.05) is 11.1 Å². The highest BCUT2D eigenvalue weighted by molar-refractivity contribution is 5.97. The van der Waals surface area contributed by atoms with Crippen LogP contribution in [0.15, 0.2) is 60.9 Å². The maximum atomic E-state index is 13.6. The molecule has 5 aromatic rings. The van der Waals surface area contributed by atoms with Crippen LogP contribution in [0.2, 0.25) is 0 Å². The van der Waals surface area contributed by atoms with E-state index in [1.807, 2.05) is 18.2 Å². The van der Waals surface area contributed by atoms with Crippen LogP contribution in [0.3, 0.4) is 0 Å². The molecule has 9 nitrogen and oxygen atoms in total. The second kappa shape index (κ2) is 10.8. The Morgan fingerprint density at radius 2 is 1.76 bits per heavy atom. The lowest BCUT2D eigenvalue weighted by atomic mass is 10.0. The van der Waals surface area contributed by atoms with E-state index < -0.39 is 41.1 Å². The lowest BCUT2D eigenvalue weighted by Gasteiger charge is -2.17. The van der Waals surface area contributed by atoms with E-state index in [1.165, 1.54) is 13.0 Å². The van der Waals surface area contributed by atoms with E-state index in [0.29, 0.717) is 23.0 Å². The zero-order chi connectivity index (χ0) is 29.3. The summed E-state index contributed by atoms with van der Waals surface area (Å²) in [5.74, 6) is -3.05. The van der Waals surface area contributed by atoms with Gasteiger partial charge in [-0.3, -0.25) is 9.89 Å². The van der Waals surface area contributed by atoms with Gasteiger partial charge in [0.2, 0.25) is 0 Å². The monoisotopic (exact) mass is 568 g/mol. The number of hydrogen-bond donors (Lipinski definition) is 4. The fourth-order valence-electron chi connectivity index (χ4n) is 4.02. The van der Waals surface area contributed by atoms with Crippen molar-refractivity contribution in [3.05, 3.63) is 95.1 Å². The Hall–Kier alpha value is -5.14. The van der Waals surface area contributed by atoms with Crippen molar-refractivity contribution in [2.45, 2.75) is 25.7 Å². The van der Waals surface area contributed by atoms with Crippen LogP contribution in [0.1, 0.15) is 40.3 Å². The van der Waals surface area contributed by atoms with Crippen molar-refractivity contribution in [1.29, 1.82) is 0 Å². The number of aromatic amines is 1. The van der Waals surface area contributed by atoms with Gasteiger partial charge in [0.05, 0.1) is 17.6 Å². The SMILES string of the molecule is CC(NC(=O)c1nc(C(F)(F)F)cnc1NCc1ccc(-c2cnc3[nH]nc(N)c3c2)cc1)c1ccc(F)c(F)c1. The van der Waals surface area contributed by atoms with Crippen molar-refractivity contribution >= 4 is 28.6 Å². The molecule has 5 N–H and O–H groups in total. The van der Waals surface area contributed by atoms with Gasteiger partial charge in [0.15, 0.2) is 40.3 Å². The summed E-state index contributed by atoms with van der Waals surface area (Å²) in [6.45, 7) is 1.57. The van der Waals surface area contributed by atoms with Gasteiger partial charge in [-0.25, -0.2) is 23.7 Å². The first-order valence-electron chi connectivity index (χ1n) is 12.1. The molecule has 3 aromatic heterocycles. The van der Waals surface area contributed by atoms with Gasteiger partial charge in [0, 0.05) is 18.3 Å². The molecule has 210 valence electrons. The molecule has 0 bridgehead atoms. The Morgan fingerprint density at radius 3 is 2.46 bits per heavy atom. The first kappa shape index (κ1) is 27.4. The largest absolute Gasteiger partial charge is 0.434 e. The van der Waals surface area contributed by atoms with E-state index in [-0.39, 0.29) is 17.9 Å². The number of nitrogen functional groups attached to an aromatic ring is 1. The highest BCUT2D eigenvalue weighted by atomic mass is 19.4. The summed E-state index contributed by atoms with van der Waals surface area (Å²) < 4.78 is 67.0. The quantitative estimate of drug-likeness (QED) is 0.193. The first-order valence-corrected chi connectivity index (χ1v) is 12.1. The molecule has 3 heterocycles. The van der Waals surface area contributed by atoms with E-state index in [9.17, 15) is 26.7 Å². The predicted molar refractivity (Wildman–Crippen MR) is 140 cm³/mol. The number of H-pyrrole nitrogens is 1. The van der Waals surface area contributed by atoms with Crippen LogP contribution < -0.4 is 16.4 Å². The fourth-order valence-corrected chi connectivity index (χ4v) is 4.02. The Bertz CT molecular complexity index is 1740. The van der Waals surface area contributed by atoms with Gasteiger partial charge < -0.3 is 16.4 Å². The van der Waals surface area contributed by atoms with Crippen molar-refractivity contribution in [3.8, 4) is 11.1 Å². The van der Waals surface area contributed by atoms with Crippen molar-refractivity contribution in [2.24, 2.45) is 0 Å². The summed E-state index contributed by atoms with van der Waals surface area (Å²) in [5.41, 5.74) is 7.02. The van der Waals surface area contributed by atoms with Crippen LogP contribution in [0.25, 0.3) is 22.2 Å². The van der Waals surface area contributed by atoms with Crippen LogP contribution in [0, 0.1) is 11.6 Å². The fraction of sp³-hybridized carbons (Fsp3) is 0.148. The second-order valence-electron chi connectivity index (χ2n) is 9.10. The Labute approximate surface area is 229 Å². The van der Waals surface area contributed by atoms with Crippen LogP contribution >= 0.6 is 0 Å². The summed E-state index contributed by atoms with van der Waals surface area (Å²) in [6.07, 6.45) is -2.66. The lowest BCUT2D eigenvalue weighted by Crippen LogP contribution is -2.29. The molecule has 41 heavy (non-hydrogen) atoms. The molecule has 2 aromatic carbocycles. The standard InChI is InChI=1S/C27H21F5N8O/c1-13(16-6-7-19(28)20(29)9-16)37-26(41)22-25(36-12-21(38-22)27(30,31)32)34-10-14-2-4-15(5-3-14)17-8-18-23(33)39-40-24(18)35-11-17/h2-9,11-13H,10H2,1H3,(H,34,36)(H,37,41)(H3,33,35,39,40). The lowest BCUT2D eigenvalue weighted by molar-refractivity contribution is -0.141. The van der Waals surface area contributed by atoms with E-state index in [4.69, 9.17) is 5.73 Å². The van der Waals surface area contributed by atoms with E-state index >= 15 is 0 Å². The van der Waals surface area contributed by atoms with Crippen LogP contribution in [-0.2, 0) is 12.7 Å². The maximum absolute atomic E-state index is 13.6. The summed E-state index contributed by atoms with van der Waals surface area (Å²) >= 11 is 0. The molecular formula is C27H21F5N8O. The number of amides is 1. The summed E-state index contributed by atoms with van der Waals surface area (Å²) in [5, 5.41) is 12.6. The molecular weight excluding hydrogens is 547 g/mol. The average Bonchev–Trinajstić information content (AvgIpc) is 3.32. The molecule has 0 fully saturated rings. The van der Waals surface area contributed by atoms with E-state index in [1.54, 1.807) is 18.3 Å². The smallest absolute Gasteiger partial charge is 0.382 e. The maximum Gasteiger partial charge on any atom is 0.434 e. The summed E-state index contributed by atoms with van der Waals surface area (Å²) in [6, 6.07) is 11.2. The predicted octanol–water partition coefficient (Wildman–Crippen LogP) is 5.40. The van der Waals surface area contributed by atoms with Crippen LogP contribution in [-0.4, -0.2) is 31.1 Å². The van der Waals surface area contributed by atoms with Gasteiger partial charge in [0.25, 0.3) is 5.91 Å². The van der Waals surface area contributed by atoms with Crippen LogP contribution in [0.5, 0.6) is 0 Å². The number of nitrogens with two attached hydrogens (primary N) is 1. The van der Waals surface area contributed by atoms with Gasteiger partial charge in [-0.15, -0.1) is 0 Å². The highest BCUT2D eigenvalue weighted by Gasteiger charge is 2.35. The van der Waals surface area contributed by atoms with E-state index in [0.717, 1.165) is 28.8 Å². The molecule has 1 unspecified atom stereocenters. The second-order valence-corrected chi connectivity index (χ2v) is 9.10. The molecule has 1 atom stereocenters. The number of aromatic nitrogens is 5. The number of carbonyl (C=O) groups is 1. The normalized spacial score (nSPS) is 12.3. The topological polar surface area (TPSA) is 134 Å².